The van der Waals surface area contributed by atoms with Crippen LogP contribution in [0.3, 0.4) is 0 Å². The highest BCUT2D eigenvalue weighted by atomic mass is 32.1. The smallest absolute Gasteiger partial charge is 0.308 e. The zero-order valence-corrected chi connectivity index (χ0v) is 12.1. The van der Waals surface area contributed by atoms with E-state index in [0.717, 1.165) is 26.3 Å². The first-order valence-corrected chi connectivity index (χ1v) is 7.40. The maximum absolute atomic E-state index is 10.7. The molecular weight excluding hydrogens is 284 g/mol. The number of pyridine rings is 1. The van der Waals surface area contributed by atoms with Crippen molar-refractivity contribution < 1.29 is 9.90 Å². The highest BCUT2D eigenvalue weighted by Gasteiger charge is 2.05. The molecule has 21 heavy (non-hydrogen) atoms. The van der Waals surface area contributed by atoms with Crippen molar-refractivity contribution in [3.8, 4) is 0 Å². The number of carboxylic acids is 1. The van der Waals surface area contributed by atoms with Crippen LogP contribution in [-0.4, -0.2) is 16.1 Å². The minimum Gasteiger partial charge on any atom is -0.481 e. The van der Waals surface area contributed by atoms with Crippen LogP contribution in [0, 0.1) is 0 Å². The summed E-state index contributed by atoms with van der Waals surface area (Å²) in [6.07, 6.45) is 1.90. The number of rotatable bonds is 5. The lowest BCUT2D eigenvalue weighted by Gasteiger charge is -2.05. The molecule has 0 saturated carbocycles. The lowest BCUT2D eigenvalue weighted by molar-refractivity contribution is -0.136. The lowest BCUT2D eigenvalue weighted by Crippen LogP contribution is -1.98. The summed E-state index contributed by atoms with van der Waals surface area (Å²) in [5, 5.41) is 13.2. The molecule has 5 heteroatoms. The Balaban J connectivity index is 1.68. The van der Waals surface area contributed by atoms with E-state index >= 15 is 0 Å². The van der Waals surface area contributed by atoms with Crippen molar-refractivity contribution in [1.82, 2.24) is 4.98 Å². The summed E-state index contributed by atoms with van der Waals surface area (Å²) in [5.41, 5.74) is 1.94. The van der Waals surface area contributed by atoms with Gasteiger partial charge < -0.3 is 10.4 Å². The molecule has 1 aromatic carbocycles. The van der Waals surface area contributed by atoms with E-state index in [-0.39, 0.29) is 6.42 Å². The molecule has 2 aromatic heterocycles. The SMILES string of the molecule is O=C(O)Cc1ccc(CNc2cnc3ccccc3c2)s1. The van der Waals surface area contributed by atoms with E-state index in [4.69, 9.17) is 5.11 Å². The van der Waals surface area contributed by atoms with Crippen LogP contribution in [0.1, 0.15) is 9.75 Å². The van der Waals surface area contributed by atoms with Crippen LogP contribution >= 0.6 is 11.3 Å². The van der Waals surface area contributed by atoms with E-state index in [2.05, 4.69) is 16.4 Å². The molecular formula is C16H14N2O2S. The first kappa shape index (κ1) is 13.6. The molecule has 0 saturated heterocycles. The van der Waals surface area contributed by atoms with Gasteiger partial charge >= 0.3 is 5.97 Å². The third-order valence-electron chi connectivity index (χ3n) is 3.10. The fraction of sp³-hybridized carbons (Fsp3) is 0.125. The van der Waals surface area contributed by atoms with Crippen LogP contribution in [0.15, 0.2) is 48.7 Å². The van der Waals surface area contributed by atoms with Crippen LogP contribution in [-0.2, 0) is 17.8 Å². The number of carbonyl (C=O) groups is 1. The largest absolute Gasteiger partial charge is 0.481 e. The number of aromatic nitrogens is 1. The molecule has 3 aromatic rings. The van der Waals surface area contributed by atoms with E-state index in [0.29, 0.717) is 6.54 Å². The van der Waals surface area contributed by atoms with Gasteiger partial charge in [0.25, 0.3) is 0 Å². The first-order chi connectivity index (χ1) is 10.2. The van der Waals surface area contributed by atoms with Gasteiger partial charge in [-0.2, -0.15) is 0 Å². The average Bonchev–Trinajstić information content (AvgIpc) is 2.91. The van der Waals surface area contributed by atoms with Gasteiger partial charge in [0.1, 0.15) is 0 Å². The number of nitrogens with zero attached hydrogens (tertiary/aromatic N) is 1. The topological polar surface area (TPSA) is 62.2 Å². The summed E-state index contributed by atoms with van der Waals surface area (Å²) in [6, 6.07) is 13.9. The quantitative estimate of drug-likeness (QED) is 0.756. The number of carboxylic acid groups (broad SMARTS) is 1. The van der Waals surface area contributed by atoms with E-state index in [9.17, 15) is 4.79 Å². The maximum atomic E-state index is 10.7. The number of fused-ring (bicyclic) bond motifs is 1. The number of anilines is 1. The molecule has 0 radical (unpaired) electrons. The predicted molar refractivity (Wildman–Crippen MR) is 84.7 cm³/mol. The summed E-state index contributed by atoms with van der Waals surface area (Å²) in [6.45, 7) is 0.671. The summed E-state index contributed by atoms with van der Waals surface area (Å²) in [7, 11) is 0. The molecule has 4 nitrogen and oxygen atoms in total. The first-order valence-electron chi connectivity index (χ1n) is 6.59. The number of nitrogens with one attached hydrogen (secondary N) is 1. The van der Waals surface area contributed by atoms with Crippen molar-refractivity contribution in [2.75, 3.05) is 5.32 Å². The Hall–Kier alpha value is -2.40. The Morgan fingerprint density at radius 2 is 2.00 bits per heavy atom. The fourth-order valence-electron chi connectivity index (χ4n) is 2.12. The zero-order chi connectivity index (χ0) is 14.7. The summed E-state index contributed by atoms with van der Waals surface area (Å²) in [5.74, 6) is -0.796. The second-order valence-electron chi connectivity index (χ2n) is 4.71. The maximum Gasteiger partial charge on any atom is 0.308 e. The van der Waals surface area contributed by atoms with Crippen molar-refractivity contribution in [1.29, 1.82) is 0 Å². The Bertz CT molecular complexity index is 783. The molecule has 0 aliphatic rings. The molecule has 0 atom stereocenters. The number of aliphatic carboxylic acids is 1. The van der Waals surface area contributed by atoms with Gasteiger partial charge in [-0.3, -0.25) is 9.78 Å². The lowest BCUT2D eigenvalue weighted by atomic mass is 10.2. The molecule has 0 fully saturated rings. The minimum atomic E-state index is -0.796. The Labute approximate surface area is 126 Å². The van der Waals surface area contributed by atoms with E-state index in [1.165, 1.54) is 11.3 Å². The summed E-state index contributed by atoms with van der Waals surface area (Å²) >= 11 is 1.52. The van der Waals surface area contributed by atoms with E-state index in [1.54, 1.807) is 0 Å². The Morgan fingerprint density at radius 3 is 2.86 bits per heavy atom. The second kappa shape index (κ2) is 5.93. The summed E-state index contributed by atoms with van der Waals surface area (Å²) < 4.78 is 0. The third-order valence-corrected chi connectivity index (χ3v) is 4.19. The molecule has 0 bridgehead atoms. The normalized spacial score (nSPS) is 10.7. The third kappa shape index (κ3) is 3.38. The standard InChI is InChI=1S/C16H14N2O2S/c19-16(20)8-13-5-6-14(21-13)10-17-12-7-11-3-1-2-4-15(11)18-9-12/h1-7,9,17H,8,10H2,(H,19,20). The Morgan fingerprint density at radius 1 is 1.19 bits per heavy atom. The highest BCUT2D eigenvalue weighted by molar-refractivity contribution is 7.12. The van der Waals surface area contributed by atoms with Gasteiger partial charge in [0, 0.05) is 21.7 Å². The van der Waals surface area contributed by atoms with Crippen LogP contribution in [0.25, 0.3) is 10.9 Å². The zero-order valence-electron chi connectivity index (χ0n) is 11.2. The Kier molecular flexibility index (Phi) is 3.83. The number of hydrogen-bond acceptors (Lipinski definition) is 4. The summed E-state index contributed by atoms with van der Waals surface area (Å²) in [4.78, 5) is 17.0. The molecule has 2 N–H and O–H groups in total. The number of thiophene rings is 1. The highest BCUT2D eigenvalue weighted by Crippen LogP contribution is 2.20. The number of para-hydroxylation sites is 1. The van der Waals surface area contributed by atoms with Gasteiger partial charge in [-0.05, 0) is 24.3 Å². The molecule has 0 amide bonds. The van der Waals surface area contributed by atoms with Crippen LogP contribution in [0.5, 0.6) is 0 Å². The van der Waals surface area contributed by atoms with Crippen molar-refractivity contribution >= 4 is 33.9 Å². The van der Waals surface area contributed by atoms with Crippen molar-refractivity contribution in [3.63, 3.8) is 0 Å². The van der Waals surface area contributed by atoms with Crippen molar-refractivity contribution in [3.05, 3.63) is 58.4 Å². The second-order valence-corrected chi connectivity index (χ2v) is 5.96. The van der Waals surface area contributed by atoms with Gasteiger partial charge in [-0.25, -0.2) is 0 Å². The van der Waals surface area contributed by atoms with E-state index in [1.807, 2.05) is 42.6 Å². The van der Waals surface area contributed by atoms with Gasteiger partial charge in [0.15, 0.2) is 0 Å². The molecule has 0 unspecified atom stereocenters. The van der Waals surface area contributed by atoms with Crippen LogP contribution in [0.4, 0.5) is 5.69 Å². The van der Waals surface area contributed by atoms with Crippen molar-refractivity contribution in [2.45, 2.75) is 13.0 Å². The van der Waals surface area contributed by atoms with Crippen molar-refractivity contribution in [2.24, 2.45) is 0 Å². The molecule has 3 rings (SSSR count). The molecule has 0 aliphatic carbocycles. The molecule has 2 heterocycles. The minimum absolute atomic E-state index is 0.0855. The predicted octanol–water partition coefficient (Wildman–Crippen LogP) is 3.54. The number of hydrogen-bond donors (Lipinski definition) is 2. The van der Waals surface area contributed by atoms with Crippen LogP contribution < -0.4 is 5.32 Å². The fourth-order valence-corrected chi connectivity index (χ4v) is 3.07. The monoisotopic (exact) mass is 298 g/mol. The molecule has 0 aliphatic heterocycles. The van der Waals surface area contributed by atoms with Gasteiger partial charge in [0.05, 0.1) is 23.8 Å². The van der Waals surface area contributed by atoms with Gasteiger partial charge in [-0.1, -0.05) is 18.2 Å². The number of benzene rings is 1. The molecule has 106 valence electrons. The van der Waals surface area contributed by atoms with Gasteiger partial charge in [-0.15, -0.1) is 11.3 Å². The van der Waals surface area contributed by atoms with E-state index < -0.39 is 5.97 Å². The average molecular weight is 298 g/mol. The molecule has 0 spiro atoms. The van der Waals surface area contributed by atoms with Gasteiger partial charge in [0.2, 0.25) is 0 Å². The van der Waals surface area contributed by atoms with Crippen LogP contribution in [0.2, 0.25) is 0 Å².